The Morgan fingerprint density at radius 1 is 1.50 bits per heavy atom. The van der Waals surface area contributed by atoms with Gasteiger partial charge >= 0.3 is 0 Å². The lowest BCUT2D eigenvalue weighted by atomic mass is 10.2. The van der Waals surface area contributed by atoms with Crippen LogP contribution in [0.2, 0.25) is 0 Å². The molecule has 1 heterocycles. The Kier molecular flexibility index (Phi) is 3.61. The van der Waals surface area contributed by atoms with Crippen molar-refractivity contribution in [2.24, 2.45) is 7.05 Å². The number of nitro groups is 1. The Morgan fingerprint density at radius 3 is 2.89 bits per heavy atom. The Morgan fingerprint density at radius 2 is 2.28 bits per heavy atom. The number of halogens is 1. The SMILES string of the molecule is Cn1ccc(NCc2cc(Br)ccc2[N+](=O)[O-])n1. The lowest BCUT2D eigenvalue weighted by Gasteiger charge is -2.05. The van der Waals surface area contributed by atoms with Gasteiger partial charge in [0.15, 0.2) is 0 Å². The van der Waals surface area contributed by atoms with Gasteiger partial charge < -0.3 is 5.32 Å². The highest BCUT2D eigenvalue weighted by atomic mass is 79.9. The number of aryl methyl sites for hydroxylation is 1. The van der Waals surface area contributed by atoms with Crippen molar-refractivity contribution in [3.8, 4) is 0 Å². The van der Waals surface area contributed by atoms with Crippen LogP contribution in [0.5, 0.6) is 0 Å². The number of hydrogen-bond donors (Lipinski definition) is 1. The maximum Gasteiger partial charge on any atom is 0.274 e. The number of nitrogens with zero attached hydrogens (tertiary/aromatic N) is 3. The van der Waals surface area contributed by atoms with E-state index in [1.54, 1.807) is 23.0 Å². The number of benzene rings is 1. The minimum absolute atomic E-state index is 0.0987. The first-order chi connectivity index (χ1) is 8.56. The lowest BCUT2D eigenvalue weighted by molar-refractivity contribution is -0.385. The van der Waals surface area contributed by atoms with Crippen molar-refractivity contribution in [2.75, 3.05) is 5.32 Å². The minimum Gasteiger partial charge on any atom is -0.364 e. The van der Waals surface area contributed by atoms with Gasteiger partial charge in [-0.3, -0.25) is 14.8 Å². The molecule has 0 aliphatic heterocycles. The summed E-state index contributed by atoms with van der Waals surface area (Å²) in [5.74, 6) is 0.687. The molecule has 0 fully saturated rings. The summed E-state index contributed by atoms with van der Waals surface area (Å²) in [4.78, 5) is 10.5. The predicted molar refractivity (Wildman–Crippen MR) is 71.3 cm³/mol. The van der Waals surface area contributed by atoms with Gasteiger partial charge in [-0.05, 0) is 12.1 Å². The molecular formula is C11H11BrN4O2. The zero-order chi connectivity index (χ0) is 13.1. The highest BCUT2D eigenvalue weighted by Crippen LogP contribution is 2.23. The van der Waals surface area contributed by atoms with Gasteiger partial charge in [-0.1, -0.05) is 15.9 Å². The molecule has 0 radical (unpaired) electrons. The maximum absolute atomic E-state index is 10.9. The second-order valence-electron chi connectivity index (χ2n) is 3.76. The highest BCUT2D eigenvalue weighted by Gasteiger charge is 2.13. The standard InChI is InChI=1S/C11H11BrN4O2/c1-15-5-4-11(14-15)13-7-8-6-9(12)2-3-10(8)16(17)18/h2-6H,7H2,1H3,(H,13,14). The van der Waals surface area contributed by atoms with Crippen LogP contribution in [0.25, 0.3) is 0 Å². The van der Waals surface area contributed by atoms with Gasteiger partial charge in [-0.25, -0.2) is 0 Å². The number of hydrogen-bond acceptors (Lipinski definition) is 4. The van der Waals surface area contributed by atoms with Crippen molar-refractivity contribution in [2.45, 2.75) is 6.54 Å². The normalized spacial score (nSPS) is 10.3. The van der Waals surface area contributed by atoms with Crippen LogP contribution in [0, 0.1) is 10.1 Å². The zero-order valence-corrected chi connectivity index (χ0v) is 11.2. The van der Waals surface area contributed by atoms with Gasteiger partial charge in [0.2, 0.25) is 0 Å². The van der Waals surface area contributed by atoms with Gasteiger partial charge in [-0.15, -0.1) is 0 Å². The molecule has 0 aliphatic rings. The number of anilines is 1. The lowest BCUT2D eigenvalue weighted by Crippen LogP contribution is -2.04. The van der Waals surface area contributed by atoms with E-state index >= 15 is 0 Å². The van der Waals surface area contributed by atoms with Crippen LogP contribution in [0.15, 0.2) is 34.9 Å². The fraction of sp³-hybridized carbons (Fsp3) is 0.182. The third-order valence-corrected chi connectivity index (χ3v) is 2.91. The van der Waals surface area contributed by atoms with Gasteiger partial charge in [0.25, 0.3) is 5.69 Å². The topological polar surface area (TPSA) is 73.0 Å². The van der Waals surface area contributed by atoms with Crippen molar-refractivity contribution in [1.29, 1.82) is 0 Å². The van der Waals surface area contributed by atoms with E-state index in [0.717, 1.165) is 4.47 Å². The van der Waals surface area contributed by atoms with E-state index in [1.165, 1.54) is 6.07 Å². The smallest absolute Gasteiger partial charge is 0.274 e. The Labute approximate surface area is 112 Å². The van der Waals surface area contributed by atoms with Crippen LogP contribution < -0.4 is 5.32 Å². The van der Waals surface area contributed by atoms with E-state index in [9.17, 15) is 10.1 Å². The summed E-state index contributed by atoms with van der Waals surface area (Å²) in [5.41, 5.74) is 0.710. The van der Waals surface area contributed by atoms with E-state index in [0.29, 0.717) is 17.9 Å². The number of aromatic nitrogens is 2. The summed E-state index contributed by atoms with van der Waals surface area (Å²) >= 11 is 3.31. The molecule has 18 heavy (non-hydrogen) atoms. The molecule has 6 nitrogen and oxygen atoms in total. The first kappa shape index (κ1) is 12.6. The molecule has 1 aromatic heterocycles. The van der Waals surface area contributed by atoms with Gasteiger partial charge in [0, 0.05) is 42.0 Å². The average molecular weight is 311 g/mol. The van der Waals surface area contributed by atoms with Crippen molar-refractivity contribution in [3.05, 3.63) is 50.6 Å². The van der Waals surface area contributed by atoms with Crippen LogP contribution in [0.3, 0.4) is 0 Å². The molecule has 0 atom stereocenters. The van der Waals surface area contributed by atoms with Crippen molar-refractivity contribution < 1.29 is 4.92 Å². The van der Waals surface area contributed by atoms with Crippen LogP contribution in [-0.2, 0) is 13.6 Å². The van der Waals surface area contributed by atoms with Gasteiger partial charge in [0.05, 0.1) is 4.92 Å². The Hall–Kier alpha value is -1.89. The largest absolute Gasteiger partial charge is 0.364 e. The molecule has 0 saturated carbocycles. The number of nitro benzene ring substituents is 1. The van der Waals surface area contributed by atoms with E-state index in [1.807, 2.05) is 13.1 Å². The second-order valence-corrected chi connectivity index (χ2v) is 4.67. The summed E-state index contributed by atoms with van der Waals surface area (Å²) in [5, 5.41) is 18.1. The summed E-state index contributed by atoms with van der Waals surface area (Å²) in [6.07, 6.45) is 1.80. The predicted octanol–water partition coefficient (Wildman–Crippen LogP) is 2.70. The van der Waals surface area contributed by atoms with E-state index in [2.05, 4.69) is 26.3 Å². The molecular weight excluding hydrogens is 300 g/mol. The first-order valence-corrected chi connectivity index (χ1v) is 6.02. The third kappa shape index (κ3) is 2.86. The molecule has 0 spiro atoms. The molecule has 1 aromatic carbocycles. The quantitative estimate of drug-likeness (QED) is 0.696. The van der Waals surface area contributed by atoms with E-state index < -0.39 is 0 Å². The monoisotopic (exact) mass is 310 g/mol. The fourth-order valence-electron chi connectivity index (χ4n) is 1.57. The second kappa shape index (κ2) is 5.18. The molecule has 0 saturated heterocycles. The third-order valence-electron chi connectivity index (χ3n) is 2.41. The summed E-state index contributed by atoms with van der Waals surface area (Å²) in [7, 11) is 1.81. The van der Waals surface area contributed by atoms with E-state index in [4.69, 9.17) is 0 Å². The molecule has 7 heteroatoms. The minimum atomic E-state index is -0.387. The molecule has 0 amide bonds. The van der Waals surface area contributed by atoms with Crippen LogP contribution in [0.1, 0.15) is 5.56 Å². The van der Waals surface area contributed by atoms with Crippen molar-refractivity contribution >= 4 is 27.4 Å². The number of rotatable bonds is 4. The maximum atomic E-state index is 10.9. The molecule has 0 bridgehead atoms. The number of nitrogens with one attached hydrogen (secondary N) is 1. The molecule has 94 valence electrons. The molecule has 0 aliphatic carbocycles. The molecule has 0 unspecified atom stereocenters. The van der Waals surface area contributed by atoms with Gasteiger partial charge in [-0.2, -0.15) is 5.10 Å². The fourth-order valence-corrected chi connectivity index (χ4v) is 1.98. The summed E-state index contributed by atoms with van der Waals surface area (Å²) in [6.45, 7) is 0.354. The zero-order valence-electron chi connectivity index (χ0n) is 9.63. The Bertz CT molecular complexity index is 582. The molecule has 2 aromatic rings. The summed E-state index contributed by atoms with van der Waals surface area (Å²) < 4.78 is 2.48. The van der Waals surface area contributed by atoms with Crippen molar-refractivity contribution in [1.82, 2.24) is 9.78 Å². The van der Waals surface area contributed by atoms with Gasteiger partial charge in [0.1, 0.15) is 5.82 Å². The molecule has 1 N–H and O–H groups in total. The summed E-state index contributed by atoms with van der Waals surface area (Å²) in [6, 6.07) is 6.68. The van der Waals surface area contributed by atoms with E-state index in [-0.39, 0.29) is 10.6 Å². The average Bonchev–Trinajstić information content (AvgIpc) is 2.72. The highest BCUT2D eigenvalue weighted by molar-refractivity contribution is 9.10. The van der Waals surface area contributed by atoms with Crippen LogP contribution in [0.4, 0.5) is 11.5 Å². The van der Waals surface area contributed by atoms with Crippen LogP contribution >= 0.6 is 15.9 Å². The van der Waals surface area contributed by atoms with Crippen LogP contribution in [-0.4, -0.2) is 14.7 Å². The van der Waals surface area contributed by atoms with Crippen molar-refractivity contribution in [3.63, 3.8) is 0 Å². The first-order valence-electron chi connectivity index (χ1n) is 5.22. The molecule has 2 rings (SSSR count). The Balaban J connectivity index is 2.17.